The van der Waals surface area contributed by atoms with Gasteiger partial charge in [0, 0.05) is 18.8 Å². The number of para-hydroxylation sites is 2. The molecule has 6 nitrogen and oxygen atoms in total. The van der Waals surface area contributed by atoms with Gasteiger partial charge in [-0.3, -0.25) is 9.88 Å². The van der Waals surface area contributed by atoms with Gasteiger partial charge >= 0.3 is 0 Å². The van der Waals surface area contributed by atoms with Crippen LogP contribution in [0.25, 0.3) is 11.0 Å². The van der Waals surface area contributed by atoms with Crippen LogP contribution in [0.3, 0.4) is 0 Å². The summed E-state index contributed by atoms with van der Waals surface area (Å²) in [5.41, 5.74) is 10.3. The number of imidazole rings is 1. The van der Waals surface area contributed by atoms with Crippen molar-refractivity contribution in [3.05, 3.63) is 54.1 Å². The van der Waals surface area contributed by atoms with E-state index in [-0.39, 0.29) is 6.17 Å². The molecule has 4 rings (SSSR count). The molecule has 3 aromatic rings. The van der Waals surface area contributed by atoms with Crippen LogP contribution in [0.4, 0.5) is 11.6 Å². The lowest BCUT2D eigenvalue weighted by Crippen LogP contribution is -2.31. The van der Waals surface area contributed by atoms with E-state index in [1.807, 2.05) is 18.2 Å². The molecule has 2 aromatic carbocycles. The van der Waals surface area contributed by atoms with Crippen LogP contribution < -0.4 is 16.0 Å². The molecular formula is C19H22N6. The maximum absolute atomic E-state index is 6.00. The van der Waals surface area contributed by atoms with E-state index in [0.29, 0.717) is 5.96 Å². The van der Waals surface area contributed by atoms with E-state index in [1.165, 1.54) is 5.69 Å². The van der Waals surface area contributed by atoms with Gasteiger partial charge in [-0.25, -0.2) is 9.98 Å². The summed E-state index contributed by atoms with van der Waals surface area (Å²) in [5, 5.41) is 3.07. The third-order valence-electron chi connectivity index (χ3n) is 4.66. The maximum atomic E-state index is 6.00. The molecule has 1 atom stereocenters. The van der Waals surface area contributed by atoms with Gasteiger partial charge in [-0.2, -0.15) is 0 Å². The number of anilines is 2. The number of aliphatic imine (C=N–C) groups is 1. The lowest BCUT2D eigenvalue weighted by molar-refractivity contribution is 0.626. The van der Waals surface area contributed by atoms with Crippen molar-refractivity contribution in [2.75, 3.05) is 23.3 Å². The van der Waals surface area contributed by atoms with E-state index in [0.717, 1.165) is 35.6 Å². The summed E-state index contributed by atoms with van der Waals surface area (Å²) in [7, 11) is 0. The zero-order valence-electron chi connectivity index (χ0n) is 14.5. The van der Waals surface area contributed by atoms with Crippen molar-refractivity contribution >= 4 is 28.6 Å². The second-order valence-corrected chi connectivity index (χ2v) is 6.07. The van der Waals surface area contributed by atoms with Crippen LogP contribution >= 0.6 is 0 Å². The lowest BCUT2D eigenvalue weighted by Gasteiger charge is -2.25. The first kappa shape index (κ1) is 15.5. The van der Waals surface area contributed by atoms with Crippen molar-refractivity contribution in [1.82, 2.24) is 9.55 Å². The summed E-state index contributed by atoms with van der Waals surface area (Å²) in [6, 6.07) is 16.6. The van der Waals surface area contributed by atoms with Crippen molar-refractivity contribution in [2.45, 2.75) is 20.0 Å². The second-order valence-electron chi connectivity index (χ2n) is 6.07. The Morgan fingerprint density at radius 2 is 1.80 bits per heavy atom. The molecule has 0 spiro atoms. The van der Waals surface area contributed by atoms with Gasteiger partial charge in [0.05, 0.1) is 11.0 Å². The number of hydrogen-bond donors (Lipinski definition) is 2. The molecule has 2 heterocycles. The second kappa shape index (κ2) is 6.12. The number of guanidine groups is 1. The Balaban J connectivity index is 1.79. The van der Waals surface area contributed by atoms with Gasteiger partial charge in [-0.05, 0) is 43.7 Å². The van der Waals surface area contributed by atoms with Crippen LogP contribution in [0.1, 0.15) is 25.6 Å². The van der Waals surface area contributed by atoms with E-state index in [4.69, 9.17) is 5.73 Å². The molecule has 0 radical (unpaired) electrons. The number of rotatable bonds is 4. The van der Waals surface area contributed by atoms with E-state index >= 15 is 0 Å². The molecule has 6 heteroatoms. The van der Waals surface area contributed by atoms with Crippen molar-refractivity contribution in [3.63, 3.8) is 0 Å². The zero-order valence-corrected chi connectivity index (χ0v) is 14.5. The van der Waals surface area contributed by atoms with Gasteiger partial charge in [0.1, 0.15) is 0 Å². The third-order valence-corrected chi connectivity index (χ3v) is 4.66. The zero-order chi connectivity index (χ0) is 17.4. The van der Waals surface area contributed by atoms with Crippen LogP contribution in [0.15, 0.2) is 53.5 Å². The van der Waals surface area contributed by atoms with Gasteiger partial charge in [0.15, 0.2) is 12.1 Å². The summed E-state index contributed by atoms with van der Waals surface area (Å²) in [4.78, 5) is 11.6. The highest BCUT2D eigenvalue weighted by Crippen LogP contribution is 2.32. The first-order valence-corrected chi connectivity index (χ1v) is 8.63. The van der Waals surface area contributed by atoms with E-state index in [1.54, 1.807) is 0 Å². The standard InChI is InChI=1S/C19H22N6/c1-3-24(4-2)14-11-9-13(10-12-14)17-22-18(20)23-19-21-15-7-5-6-8-16(15)25(17)19/h5-12,17H,3-4H2,1-2H3,(H3,20,21,22,23). The molecule has 1 aliphatic heterocycles. The fourth-order valence-corrected chi connectivity index (χ4v) is 3.39. The minimum absolute atomic E-state index is 0.214. The van der Waals surface area contributed by atoms with Crippen LogP contribution in [0.2, 0.25) is 0 Å². The Morgan fingerprint density at radius 3 is 2.52 bits per heavy atom. The molecule has 128 valence electrons. The van der Waals surface area contributed by atoms with E-state index < -0.39 is 0 Å². The van der Waals surface area contributed by atoms with Gasteiger partial charge in [-0.1, -0.05) is 24.3 Å². The number of hydrogen-bond acceptors (Lipinski definition) is 5. The molecular weight excluding hydrogens is 312 g/mol. The highest BCUT2D eigenvalue weighted by atomic mass is 15.4. The Hall–Kier alpha value is -3.02. The molecule has 1 unspecified atom stereocenters. The maximum Gasteiger partial charge on any atom is 0.212 e. The first-order valence-electron chi connectivity index (χ1n) is 8.63. The highest BCUT2D eigenvalue weighted by Gasteiger charge is 2.24. The molecule has 1 aromatic heterocycles. The Morgan fingerprint density at radius 1 is 1.08 bits per heavy atom. The minimum atomic E-state index is -0.214. The van der Waals surface area contributed by atoms with Crippen molar-refractivity contribution in [1.29, 1.82) is 0 Å². The number of nitrogens with one attached hydrogen (secondary N) is 1. The van der Waals surface area contributed by atoms with Crippen molar-refractivity contribution in [3.8, 4) is 0 Å². The normalized spacial score (nSPS) is 16.2. The lowest BCUT2D eigenvalue weighted by atomic mass is 10.1. The van der Waals surface area contributed by atoms with Crippen molar-refractivity contribution in [2.24, 2.45) is 10.7 Å². The smallest absolute Gasteiger partial charge is 0.212 e. The average molecular weight is 334 g/mol. The summed E-state index contributed by atoms with van der Waals surface area (Å²) in [6.07, 6.45) is -0.214. The first-order chi connectivity index (χ1) is 12.2. The molecule has 0 saturated heterocycles. The molecule has 3 N–H and O–H groups in total. The summed E-state index contributed by atoms with van der Waals surface area (Å²) >= 11 is 0. The Bertz CT molecular complexity index is 921. The van der Waals surface area contributed by atoms with E-state index in [9.17, 15) is 0 Å². The van der Waals surface area contributed by atoms with Crippen molar-refractivity contribution < 1.29 is 0 Å². The summed E-state index contributed by atoms with van der Waals surface area (Å²) in [5.74, 6) is 1.12. The number of nitrogens with zero attached hydrogens (tertiary/aromatic N) is 4. The van der Waals surface area contributed by atoms with Crippen LogP contribution in [-0.4, -0.2) is 28.6 Å². The molecule has 0 fully saturated rings. The SMILES string of the molecule is CCN(CC)c1ccc(C2N=C(N)Nc3nc4ccccc4n32)cc1. The monoisotopic (exact) mass is 334 g/mol. The van der Waals surface area contributed by atoms with Gasteiger partial charge < -0.3 is 10.6 Å². The van der Waals surface area contributed by atoms with Gasteiger partial charge in [-0.15, -0.1) is 0 Å². The fourth-order valence-electron chi connectivity index (χ4n) is 3.39. The van der Waals surface area contributed by atoms with Crippen LogP contribution in [-0.2, 0) is 0 Å². The quantitative estimate of drug-likeness (QED) is 0.769. The fraction of sp³-hybridized carbons (Fsp3) is 0.263. The number of fused-ring (bicyclic) bond motifs is 3. The Labute approximate surface area is 147 Å². The molecule has 0 amide bonds. The van der Waals surface area contributed by atoms with Gasteiger partial charge in [0.25, 0.3) is 0 Å². The predicted octanol–water partition coefficient (Wildman–Crippen LogP) is 3.17. The van der Waals surface area contributed by atoms with Crippen LogP contribution in [0.5, 0.6) is 0 Å². The van der Waals surface area contributed by atoms with Crippen LogP contribution in [0, 0.1) is 0 Å². The molecule has 0 bridgehead atoms. The molecule has 0 saturated carbocycles. The topological polar surface area (TPSA) is 71.5 Å². The predicted molar refractivity (Wildman–Crippen MR) is 103 cm³/mol. The molecule has 1 aliphatic rings. The largest absolute Gasteiger partial charge is 0.372 e. The third kappa shape index (κ3) is 2.59. The minimum Gasteiger partial charge on any atom is -0.372 e. The summed E-state index contributed by atoms with van der Waals surface area (Å²) in [6.45, 7) is 6.31. The molecule has 25 heavy (non-hydrogen) atoms. The number of benzene rings is 2. The number of aromatic nitrogens is 2. The number of nitrogens with two attached hydrogens (primary N) is 1. The van der Waals surface area contributed by atoms with Gasteiger partial charge in [0.2, 0.25) is 5.95 Å². The highest BCUT2D eigenvalue weighted by molar-refractivity contribution is 5.94. The summed E-state index contributed by atoms with van der Waals surface area (Å²) < 4.78 is 2.10. The average Bonchev–Trinajstić information content (AvgIpc) is 3.00. The molecule has 0 aliphatic carbocycles. The Kier molecular flexibility index (Phi) is 3.80. The van der Waals surface area contributed by atoms with E-state index in [2.05, 4.69) is 68.9 Å².